The number of aromatic hydroxyl groups is 1. The normalized spacial score (nSPS) is 26.4. The van der Waals surface area contributed by atoms with Gasteiger partial charge < -0.3 is 20.5 Å². The molecule has 5 heteroatoms. The summed E-state index contributed by atoms with van der Waals surface area (Å²) in [4.78, 5) is 12.3. The summed E-state index contributed by atoms with van der Waals surface area (Å²) in [6, 6.07) is 13.7. The average Bonchev–Trinajstić information content (AvgIpc) is 2.57. The van der Waals surface area contributed by atoms with Crippen LogP contribution in [-0.2, 0) is 0 Å². The van der Waals surface area contributed by atoms with Crippen molar-refractivity contribution in [3.63, 3.8) is 0 Å². The zero-order valence-electron chi connectivity index (χ0n) is 15.3. The summed E-state index contributed by atoms with van der Waals surface area (Å²) in [5.74, 6) is 0.948. The zero-order chi connectivity index (χ0) is 18.5. The van der Waals surface area contributed by atoms with Crippen LogP contribution in [0.2, 0.25) is 0 Å². The van der Waals surface area contributed by atoms with Crippen molar-refractivity contribution >= 4 is 6.03 Å². The Hall–Kier alpha value is -2.69. The number of phenolic OH excluding ortho intramolecular Hbond substituents is 1. The third-order valence-electron chi connectivity index (χ3n) is 5.34. The highest BCUT2D eigenvalue weighted by Crippen LogP contribution is 2.49. The largest absolute Gasteiger partial charge is 0.508 e. The minimum Gasteiger partial charge on any atom is -0.508 e. The third kappa shape index (κ3) is 2.77. The first-order valence-electron chi connectivity index (χ1n) is 8.95. The minimum atomic E-state index is -0.808. The van der Waals surface area contributed by atoms with Crippen LogP contribution in [0.25, 0.3) is 0 Å². The van der Waals surface area contributed by atoms with Crippen molar-refractivity contribution in [1.29, 1.82) is 0 Å². The first-order valence-corrected chi connectivity index (χ1v) is 8.95. The summed E-state index contributed by atoms with van der Waals surface area (Å²) in [5, 5.41) is 16.2. The standard InChI is InChI=1S/C21H24N2O3/c1-13-17(24)10-9-15-16(14-7-5-4-6-8-14)11-21(26-18(13)15)12-20(2,3)22-19(25)23-21/h4-10,16,24H,11-12H2,1-3H3,(H2,22,23,25). The van der Waals surface area contributed by atoms with Gasteiger partial charge in [0, 0.05) is 35.4 Å². The van der Waals surface area contributed by atoms with Crippen LogP contribution in [0, 0.1) is 6.92 Å². The van der Waals surface area contributed by atoms with Crippen molar-refractivity contribution in [3.8, 4) is 11.5 Å². The Balaban J connectivity index is 1.86. The van der Waals surface area contributed by atoms with Crippen LogP contribution < -0.4 is 15.4 Å². The average molecular weight is 352 g/mol. The fourth-order valence-electron chi connectivity index (χ4n) is 4.30. The zero-order valence-corrected chi connectivity index (χ0v) is 15.3. The predicted molar refractivity (Wildman–Crippen MR) is 99.5 cm³/mol. The summed E-state index contributed by atoms with van der Waals surface area (Å²) < 4.78 is 6.40. The van der Waals surface area contributed by atoms with E-state index in [1.54, 1.807) is 6.07 Å². The molecule has 0 aliphatic carbocycles. The highest BCUT2D eigenvalue weighted by molar-refractivity contribution is 5.77. The molecule has 1 spiro atoms. The Morgan fingerprint density at radius 3 is 2.54 bits per heavy atom. The molecule has 3 N–H and O–H groups in total. The van der Waals surface area contributed by atoms with Crippen LogP contribution in [0.3, 0.4) is 0 Å². The number of nitrogens with one attached hydrogen (secondary N) is 2. The number of hydrogen-bond acceptors (Lipinski definition) is 3. The summed E-state index contributed by atoms with van der Waals surface area (Å²) in [5.41, 5.74) is 1.73. The molecule has 0 bridgehead atoms. The maximum atomic E-state index is 12.3. The van der Waals surface area contributed by atoms with E-state index in [0.717, 1.165) is 5.56 Å². The molecule has 2 aliphatic heterocycles. The van der Waals surface area contributed by atoms with Crippen molar-refractivity contribution in [3.05, 3.63) is 59.2 Å². The van der Waals surface area contributed by atoms with Gasteiger partial charge in [-0.2, -0.15) is 0 Å². The fourth-order valence-corrected chi connectivity index (χ4v) is 4.30. The Labute approximate surface area is 153 Å². The van der Waals surface area contributed by atoms with Crippen LogP contribution in [0.4, 0.5) is 4.79 Å². The molecule has 0 saturated carbocycles. The van der Waals surface area contributed by atoms with E-state index in [2.05, 4.69) is 22.8 Å². The van der Waals surface area contributed by atoms with Crippen LogP contribution >= 0.6 is 0 Å². The van der Waals surface area contributed by atoms with E-state index in [4.69, 9.17) is 4.74 Å². The molecule has 26 heavy (non-hydrogen) atoms. The molecule has 4 rings (SSSR count). The molecule has 2 aliphatic rings. The Morgan fingerprint density at radius 2 is 1.85 bits per heavy atom. The summed E-state index contributed by atoms with van der Waals surface area (Å²) in [6.45, 7) is 5.85. The number of fused-ring (bicyclic) bond motifs is 1. The van der Waals surface area contributed by atoms with Crippen LogP contribution in [0.15, 0.2) is 42.5 Å². The van der Waals surface area contributed by atoms with Gasteiger partial charge in [-0.3, -0.25) is 0 Å². The van der Waals surface area contributed by atoms with E-state index >= 15 is 0 Å². The number of carbonyl (C=O) groups is 1. The van der Waals surface area contributed by atoms with Crippen molar-refractivity contribution in [1.82, 2.24) is 10.6 Å². The van der Waals surface area contributed by atoms with E-state index in [-0.39, 0.29) is 23.2 Å². The van der Waals surface area contributed by atoms with Gasteiger partial charge in [0.15, 0.2) is 5.72 Å². The molecule has 0 aromatic heterocycles. The second-order valence-corrected chi connectivity index (χ2v) is 8.03. The highest BCUT2D eigenvalue weighted by atomic mass is 16.5. The molecule has 2 aromatic carbocycles. The Morgan fingerprint density at radius 1 is 1.12 bits per heavy atom. The van der Waals surface area contributed by atoms with Crippen molar-refractivity contribution in [2.75, 3.05) is 0 Å². The van der Waals surface area contributed by atoms with Gasteiger partial charge in [0.2, 0.25) is 0 Å². The summed E-state index contributed by atoms with van der Waals surface area (Å²) >= 11 is 0. The van der Waals surface area contributed by atoms with Crippen molar-refractivity contribution < 1.29 is 14.6 Å². The quantitative estimate of drug-likeness (QED) is 0.731. The molecule has 2 atom stereocenters. The number of amides is 2. The first-order chi connectivity index (χ1) is 12.3. The van der Waals surface area contributed by atoms with Crippen LogP contribution in [0.5, 0.6) is 11.5 Å². The summed E-state index contributed by atoms with van der Waals surface area (Å²) in [6.07, 6.45) is 1.27. The number of phenols is 1. The summed E-state index contributed by atoms with van der Waals surface area (Å²) in [7, 11) is 0. The Kier molecular flexibility index (Phi) is 3.65. The monoisotopic (exact) mass is 352 g/mol. The van der Waals surface area contributed by atoms with Gasteiger partial charge in [-0.25, -0.2) is 4.79 Å². The van der Waals surface area contributed by atoms with E-state index in [0.29, 0.717) is 24.2 Å². The van der Waals surface area contributed by atoms with E-state index in [1.807, 2.05) is 45.0 Å². The molecule has 1 saturated heterocycles. The molecule has 0 radical (unpaired) electrons. The predicted octanol–water partition coefficient (Wildman–Crippen LogP) is 3.79. The molecular weight excluding hydrogens is 328 g/mol. The SMILES string of the molecule is Cc1c(O)ccc2c1OC1(CC2c2ccccc2)CC(C)(C)NC(=O)N1. The van der Waals surface area contributed by atoms with Gasteiger partial charge in [0.25, 0.3) is 0 Å². The molecule has 1 fully saturated rings. The maximum Gasteiger partial charge on any atom is 0.318 e. The van der Waals surface area contributed by atoms with Gasteiger partial charge in [-0.15, -0.1) is 0 Å². The fraction of sp³-hybridized carbons (Fsp3) is 0.381. The molecule has 2 heterocycles. The molecule has 2 unspecified atom stereocenters. The van der Waals surface area contributed by atoms with E-state index in [1.165, 1.54) is 5.56 Å². The van der Waals surface area contributed by atoms with Gasteiger partial charge in [0.05, 0.1) is 0 Å². The number of benzene rings is 2. The van der Waals surface area contributed by atoms with Crippen LogP contribution in [-0.4, -0.2) is 22.4 Å². The van der Waals surface area contributed by atoms with Crippen molar-refractivity contribution in [2.24, 2.45) is 0 Å². The molecule has 2 amide bonds. The number of hydrogen-bond donors (Lipinski definition) is 3. The lowest BCUT2D eigenvalue weighted by molar-refractivity contribution is -0.0241. The molecule has 5 nitrogen and oxygen atoms in total. The second kappa shape index (κ2) is 5.66. The van der Waals surface area contributed by atoms with Crippen molar-refractivity contribution in [2.45, 2.75) is 50.8 Å². The second-order valence-electron chi connectivity index (χ2n) is 8.03. The highest BCUT2D eigenvalue weighted by Gasteiger charge is 2.50. The third-order valence-corrected chi connectivity index (χ3v) is 5.34. The minimum absolute atomic E-state index is 0.0773. The van der Waals surface area contributed by atoms with E-state index in [9.17, 15) is 9.90 Å². The lowest BCUT2D eigenvalue weighted by Gasteiger charge is -2.49. The van der Waals surface area contributed by atoms with Gasteiger partial charge in [-0.05, 0) is 32.4 Å². The number of carbonyl (C=O) groups excluding carboxylic acids is 1. The van der Waals surface area contributed by atoms with Gasteiger partial charge in [0.1, 0.15) is 11.5 Å². The number of urea groups is 1. The topological polar surface area (TPSA) is 70.6 Å². The Bertz CT molecular complexity index is 863. The van der Waals surface area contributed by atoms with Gasteiger partial charge in [-0.1, -0.05) is 36.4 Å². The van der Waals surface area contributed by atoms with E-state index < -0.39 is 5.72 Å². The number of rotatable bonds is 1. The molecule has 136 valence electrons. The number of ether oxygens (including phenoxy) is 1. The molecular formula is C21H24N2O3. The van der Waals surface area contributed by atoms with Gasteiger partial charge >= 0.3 is 6.03 Å². The first kappa shape index (κ1) is 16.8. The lowest BCUT2D eigenvalue weighted by atomic mass is 9.76. The van der Waals surface area contributed by atoms with Crippen LogP contribution in [0.1, 0.15) is 49.3 Å². The molecule has 2 aromatic rings. The smallest absolute Gasteiger partial charge is 0.318 e. The lowest BCUT2D eigenvalue weighted by Crippen LogP contribution is -2.69. The maximum absolute atomic E-state index is 12.3.